The van der Waals surface area contributed by atoms with E-state index in [2.05, 4.69) is 6.92 Å². The quantitative estimate of drug-likeness (QED) is 0.255. The molecule has 32 heavy (non-hydrogen) atoms. The Hall–Kier alpha value is -2.33. The van der Waals surface area contributed by atoms with E-state index < -0.39 is 5.97 Å². The van der Waals surface area contributed by atoms with E-state index >= 15 is 0 Å². The Morgan fingerprint density at radius 1 is 0.875 bits per heavy atom. The molecule has 176 valence electrons. The van der Waals surface area contributed by atoms with E-state index in [4.69, 9.17) is 9.47 Å². The van der Waals surface area contributed by atoms with E-state index in [0.29, 0.717) is 17.9 Å². The van der Waals surface area contributed by atoms with Crippen LogP contribution >= 0.6 is 0 Å². The second kappa shape index (κ2) is 15.5. The first-order valence-corrected chi connectivity index (χ1v) is 12.3. The van der Waals surface area contributed by atoms with Crippen LogP contribution in [0.25, 0.3) is 11.1 Å². The van der Waals surface area contributed by atoms with Gasteiger partial charge in [0.15, 0.2) is 0 Å². The summed E-state index contributed by atoms with van der Waals surface area (Å²) in [5.74, 6) is -0.406. The molecule has 2 aromatic rings. The molecule has 4 nitrogen and oxygen atoms in total. The van der Waals surface area contributed by atoms with Crippen LogP contribution < -0.4 is 4.74 Å². The first kappa shape index (κ1) is 25.9. The fourth-order valence-electron chi connectivity index (χ4n) is 3.80. The molecule has 1 atom stereocenters. The van der Waals surface area contributed by atoms with Gasteiger partial charge >= 0.3 is 5.97 Å². The summed E-state index contributed by atoms with van der Waals surface area (Å²) in [7, 11) is 0. The SMILES string of the molecule is CCCCCCCCCCCCOC(C)COc1ccc(-c2ccccc2)c(C(=O)O)c1. The van der Waals surface area contributed by atoms with Crippen LogP contribution in [-0.4, -0.2) is 30.4 Å². The number of carboxylic acid groups (broad SMARTS) is 1. The van der Waals surface area contributed by atoms with Crippen molar-refractivity contribution in [1.29, 1.82) is 0 Å². The third-order valence-electron chi connectivity index (χ3n) is 5.69. The first-order chi connectivity index (χ1) is 15.6. The summed E-state index contributed by atoms with van der Waals surface area (Å²) >= 11 is 0. The number of carboxylic acids is 1. The number of rotatable bonds is 17. The number of benzene rings is 2. The maximum absolute atomic E-state index is 11.7. The van der Waals surface area contributed by atoms with Gasteiger partial charge in [-0.15, -0.1) is 0 Å². The van der Waals surface area contributed by atoms with E-state index in [1.807, 2.05) is 49.4 Å². The Morgan fingerprint density at radius 3 is 2.12 bits per heavy atom. The Bertz CT molecular complexity index is 772. The molecule has 0 spiro atoms. The van der Waals surface area contributed by atoms with Crippen molar-refractivity contribution >= 4 is 5.97 Å². The van der Waals surface area contributed by atoms with Gasteiger partial charge in [0, 0.05) is 6.61 Å². The van der Waals surface area contributed by atoms with Crippen molar-refractivity contribution in [3.05, 3.63) is 54.1 Å². The zero-order chi connectivity index (χ0) is 23.0. The molecule has 0 aliphatic heterocycles. The van der Waals surface area contributed by atoms with E-state index in [9.17, 15) is 9.90 Å². The Labute approximate surface area is 194 Å². The summed E-state index contributed by atoms with van der Waals surface area (Å²) in [4.78, 5) is 11.7. The van der Waals surface area contributed by atoms with Crippen LogP contribution in [0.3, 0.4) is 0 Å². The topological polar surface area (TPSA) is 55.8 Å². The van der Waals surface area contributed by atoms with E-state index in [-0.39, 0.29) is 11.7 Å². The smallest absolute Gasteiger partial charge is 0.336 e. The summed E-state index contributed by atoms with van der Waals surface area (Å²) in [5, 5.41) is 9.62. The summed E-state index contributed by atoms with van der Waals surface area (Å²) in [6, 6.07) is 14.8. The van der Waals surface area contributed by atoms with Crippen molar-refractivity contribution < 1.29 is 19.4 Å². The van der Waals surface area contributed by atoms with Gasteiger partial charge in [0.05, 0.1) is 11.7 Å². The summed E-state index contributed by atoms with van der Waals surface area (Å²) in [5.41, 5.74) is 1.81. The van der Waals surface area contributed by atoms with Gasteiger partial charge in [-0.2, -0.15) is 0 Å². The molecule has 0 saturated heterocycles. The van der Waals surface area contributed by atoms with Crippen LogP contribution in [0, 0.1) is 0 Å². The minimum absolute atomic E-state index is 0.0318. The highest BCUT2D eigenvalue weighted by Gasteiger charge is 2.14. The standard InChI is InChI=1S/C28H40O4/c1-3-4-5-6-7-8-9-10-11-15-20-31-23(2)22-32-25-18-19-26(27(21-25)28(29)30)24-16-13-12-14-17-24/h12-14,16-19,21,23H,3-11,15,20,22H2,1-2H3,(H,29,30). The van der Waals surface area contributed by atoms with Crippen LogP contribution in [0.4, 0.5) is 0 Å². The largest absolute Gasteiger partial charge is 0.491 e. The van der Waals surface area contributed by atoms with Gasteiger partial charge < -0.3 is 14.6 Å². The average Bonchev–Trinajstić information content (AvgIpc) is 2.81. The zero-order valence-electron chi connectivity index (χ0n) is 19.9. The normalized spacial score (nSPS) is 11.9. The molecule has 0 aliphatic carbocycles. The molecular formula is C28H40O4. The molecule has 0 heterocycles. The Morgan fingerprint density at radius 2 is 1.50 bits per heavy atom. The van der Waals surface area contributed by atoms with Crippen molar-refractivity contribution in [3.8, 4) is 16.9 Å². The van der Waals surface area contributed by atoms with Crippen LogP contribution in [0.1, 0.15) is 88.4 Å². The summed E-state index contributed by atoms with van der Waals surface area (Å²) in [6.45, 7) is 5.40. The molecule has 0 saturated carbocycles. The van der Waals surface area contributed by atoms with Gasteiger partial charge in [-0.1, -0.05) is 95.0 Å². The molecule has 0 amide bonds. The predicted octanol–water partition coefficient (Wildman–Crippen LogP) is 7.76. The molecule has 4 heteroatoms. The second-order valence-electron chi connectivity index (χ2n) is 8.55. The van der Waals surface area contributed by atoms with Crippen molar-refractivity contribution in [2.45, 2.75) is 84.2 Å². The number of hydrogen-bond acceptors (Lipinski definition) is 3. The van der Waals surface area contributed by atoms with Crippen LogP contribution in [0.2, 0.25) is 0 Å². The highest BCUT2D eigenvalue weighted by molar-refractivity contribution is 5.96. The third kappa shape index (κ3) is 9.86. The predicted molar refractivity (Wildman–Crippen MR) is 132 cm³/mol. The van der Waals surface area contributed by atoms with Gasteiger partial charge in [-0.25, -0.2) is 4.79 Å². The lowest BCUT2D eigenvalue weighted by molar-refractivity contribution is 0.0302. The number of hydrogen-bond donors (Lipinski definition) is 1. The first-order valence-electron chi connectivity index (χ1n) is 12.3. The lowest BCUT2D eigenvalue weighted by atomic mass is 9.99. The van der Waals surface area contributed by atoms with E-state index in [1.165, 1.54) is 57.8 Å². The molecule has 0 aromatic heterocycles. The summed E-state index contributed by atoms with van der Waals surface area (Å²) in [6.07, 6.45) is 13.1. The highest BCUT2D eigenvalue weighted by atomic mass is 16.5. The number of ether oxygens (including phenoxy) is 2. The summed E-state index contributed by atoms with van der Waals surface area (Å²) < 4.78 is 11.7. The van der Waals surface area contributed by atoms with E-state index in [0.717, 1.165) is 18.6 Å². The fraction of sp³-hybridized carbons (Fsp3) is 0.536. The van der Waals surface area contributed by atoms with Crippen LogP contribution in [-0.2, 0) is 4.74 Å². The lowest BCUT2D eigenvalue weighted by Gasteiger charge is -2.15. The van der Waals surface area contributed by atoms with Crippen molar-refractivity contribution in [3.63, 3.8) is 0 Å². The Kier molecular flexibility index (Phi) is 12.5. The van der Waals surface area contributed by atoms with Gasteiger partial charge in [0.25, 0.3) is 0 Å². The molecule has 1 N–H and O–H groups in total. The number of unbranched alkanes of at least 4 members (excludes halogenated alkanes) is 9. The van der Waals surface area contributed by atoms with Crippen LogP contribution in [0.5, 0.6) is 5.75 Å². The second-order valence-corrected chi connectivity index (χ2v) is 8.55. The molecule has 0 fully saturated rings. The number of carbonyl (C=O) groups is 1. The fourth-order valence-corrected chi connectivity index (χ4v) is 3.80. The monoisotopic (exact) mass is 440 g/mol. The van der Waals surface area contributed by atoms with Gasteiger partial charge in [0.2, 0.25) is 0 Å². The lowest BCUT2D eigenvalue weighted by Crippen LogP contribution is -2.18. The van der Waals surface area contributed by atoms with E-state index in [1.54, 1.807) is 6.07 Å². The molecular weight excluding hydrogens is 400 g/mol. The minimum atomic E-state index is -0.959. The average molecular weight is 441 g/mol. The zero-order valence-corrected chi connectivity index (χ0v) is 19.9. The Balaban J connectivity index is 1.64. The minimum Gasteiger partial charge on any atom is -0.491 e. The molecule has 2 rings (SSSR count). The molecule has 0 aliphatic rings. The molecule has 2 aromatic carbocycles. The third-order valence-corrected chi connectivity index (χ3v) is 5.69. The maximum Gasteiger partial charge on any atom is 0.336 e. The van der Waals surface area contributed by atoms with Gasteiger partial charge in [0.1, 0.15) is 12.4 Å². The molecule has 1 unspecified atom stereocenters. The van der Waals surface area contributed by atoms with Crippen LogP contribution in [0.15, 0.2) is 48.5 Å². The molecule has 0 bridgehead atoms. The highest BCUT2D eigenvalue weighted by Crippen LogP contribution is 2.27. The van der Waals surface area contributed by atoms with Crippen molar-refractivity contribution in [2.75, 3.05) is 13.2 Å². The van der Waals surface area contributed by atoms with Gasteiger partial charge in [-0.3, -0.25) is 0 Å². The van der Waals surface area contributed by atoms with Crippen molar-refractivity contribution in [1.82, 2.24) is 0 Å². The maximum atomic E-state index is 11.7. The van der Waals surface area contributed by atoms with Crippen molar-refractivity contribution in [2.24, 2.45) is 0 Å². The van der Waals surface area contributed by atoms with Gasteiger partial charge in [-0.05, 0) is 42.7 Å². The number of aromatic carboxylic acids is 1. The molecule has 0 radical (unpaired) electrons.